The summed E-state index contributed by atoms with van der Waals surface area (Å²) < 4.78 is 49.3. The summed E-state index contributed by atoms with van der Waals surface area (Å²) in [7, 11) is 4.63. The molecule has 7 heteroatoms. The summed E-state index contributed by atoms with van der Waals surface area (Å²) in [4.78, 5) is 4.31. The van der Waals surface area contributed by atoms with Gasteiger partial charge in [0.05, 0.1) is 26.9 Å². The molecule has 1 aromatic heterocycles. The second-order valence-electron chi connectivity index (χ2n) is 6.21. The fourth-order valence-electron chi connectivity index (χ4n) is 3.20. The SMILES string of the molecule is COc1ccc(-c2ccc3nc(-c4ccc(F)cc4F)oc3c2)c(OC)c1OC. The van der Waals surface area contributed by atoms with Crippen molar-refractivity contribution < 1.29 is 27.4 Å². The van der Waals surface area contributed by atoms with Gasteiger partial charge in [0.1, 0.15) is 17.2 Å². The molecule has 0 N–H and O–H groups in total. The Morgan fingerprint density at radius 3 is 2.24 bits per heavy atom. The number of halogens is 2. The highest BCUT2D eigenvalue weighted by molar-refractivity contribution is 5.85. The molecule has 0 fully saturated rings. The number of aromatic nitrogens is 1. The van der Waals surface area contributed by atoms with E-state index in [0.29, 0.717) is 28.3 Å². The molecule has 148 valence electrons. The van der Waals surface area contributed by atoms with E-state index in [9.17, 15) is 8.78 Å². The molecular formula is C22H17F2NO4. The molecule has 0 atom stereocenters. The molecule has 1 heterocycles. The third-order valence-corrected chi connectivity index (χ3v) is 4.57. The summed E-state index contributed by atoms with van der Waals surface area (Å²) >= 11 is 0. The fourth-order valence-corrected chi connectivity index (χ4v) is 3.20. The van der Waals surface area contributed by atoms with Crippen LogP contribution in [0.15, 0.2) is 52.9 Å². The first kappa shape index (κ1) is 18.7. The number of oxazole rings is 1. The summed E-state index contributed by atoms with van der Waals surface area (Å²) in [6, 6.07) is 12.3. The van der Waals surface area contributed by atoms with Gasteiger partial charge in [-0.15, -0.1) is 0 Å². The Morgan fingerprint density at radius 1 is 0.793 bits per heavy atom. The zero-order valence-corrected chi connectivity index (χ0v) is 16.0. The van der Waals surface area contributed by atoms with Crippen LogP contribution in [-0.4, -0.2) is 26.3 Å². The fraction of sp³-hybridized carbons (Fsp3) is 0.136. The van der Waals surface area contributed by atoms with Gasteiger partial charge < -0.3 is 18.6 Å². The van der Waals surface area contributed by atoms with E-state index in [0.717, 1.165) is 23.3 Å². The van der Waals surface area contributed by atoms with Gasteiger partial charge in [0, 0.05) is 11.6 Å². The van der Waals surface area contributed by atoms with Crippen LogP contribution < -0.4 is 14.2 Å². The Morgan fingerprint density at radius 2 is 1.55 bits per heavy atom. The van der Waals surface area contributed by atoms with Crippen LogP contribution in [0.1, 0.15) is 0 Å². The minimum atomic E-state index is -0.738. The quantitative estimate of drug-likeness (QED) is 0.447. The molecule has 5 nitrogen and oxygen atoms in total. The highest BCUT2D eigenvalue weighted by Crippen LogP contribution is 2.44. The van der Waals surface area contributed by atoms with Crippen molar-refractivity contribution in [2.24, 2.45) is 0 Å². The molecule has 4 rings (SSSR count). The number of methoxy groups -OCH3 is 3. The van der Waals surface area contributed by atoms with E-state index in [-0.39, 0.29) is 11.5 Å². The van der Waals surface area contributed by atoms with E-state index in [4.69, 9.17) is 18.6 Å². The first-order valence-electron chi connectivity index (χ1n) is 8.71. The average molecular weight is 397 g/mol. The number of ether oxygens (including phenoxy) is 3. The average Bonchev–Trinajstić information content (AvgIpc) is 3.15. The predicted octanol–water partition coefficient (Wildman–Crippen LogP) is 5.47. The molecule has 29 heavy (non-hydrogen) atoms. The monoisotopic (exact) mass is 397 g/mol. The Balaban J connectivity index is 1.83. The highest BCUT2D eigenvalue weighted by Gasteiger charge is 2.19. The molecule has 4 aromatic rings. The zero-order chi connectivity index (χ0) is 20.5. The van der Waals surface area contributed by atoms with Gasteiger partial charge in [0.2, 0.25) is 11.6 Å². The molecular weight excluding hydrogens is 380 g/mol. The van der Waals surface area contributed by atoms with Crippen LogP contribution in [0, 0.1) is 11.6 Å². The molecule has 0 unspecified atom stereocenters. The maximum Gasteiger partial charge on any atom is 0.230 e. The lowest BCUT2D eigenvalue weighted by Crippen LogP contribution is -1.96. The summed E-state index contributed by atoms with van der Waals surface area (Å²) in [6.45, 7) is 0. The van der Waals surface area contributed by atoms with Gasteiger partial charge in [-0.25, -0.2) is 13.8 Å². The first-order valence-corrected chi connectivity index (χ1v) is 8.71. The maximum atomic E-state index is 14.1. The van der Waals surface area contributed by atoms with Gasteiger partial charge in [-0.2, -0.15) is 0 Å². The van der Waals surface area contributed by atoms with Crippen molar-refractivity contribution in [3.8, 4) is 39.8 Å². The number of hydrogen-bond donors (Lipinski definition) is 0. The molecule has 0 aliphatic carbocycles. The smallest absolute Gasteiger partial charge is 0.230 e. The second-order valence-corrected chi connectivity index (χ2v) is 6.21. The van der Waals surface area contributed by atoms with Gasteiger partial charge in [0.15, 0.2) is 17.1 Å². The van der Waals surface area contributed by atoms with Crippen LogP contribution >= 0.6 is 0 Å². The Bertz CT molecular complexity index is 1200. The van der Waals surface area contributed by atoms with Crippen molar-refractivity contribution in [2.45, 2.75) is 0 Å². The van der Waals surface area contributed by atoms with E-state index in [1.165, 1.54) is 13.2 Å². The van der Waals surface area contributed by atoms with Crippen LogP contribution in [0.5, 0.6) is 17.2 Å². The molecule has 0 amide bonds. The molecule has 0 radical (unpaired) electrons. The largest absolute Gasteiger partial charge is 0.493 e. The number of nitrogens with zero attached hydrogens (tertiary/aromatic N) is 1. The summed E-state index contributed by atoms with van der Waals surface area (Å²) in [6.07, 6.45) is 0. The first-order chi connectivity index (χ1) is 14.0. The Labute approximate surface area is 165 Å². The number of fused-ring (bicyclic) bond motifs is 1. The summed E-state index contributed by atoms with van der Waals surface area (Å²) in [5.74, 6) is 0.204. The predicted molar refractivity (Wildman–Crippen MR) is 104 cm³/mol. The van der Waals surface area contributed by atoms with Crippen molar-refractivity contribution in [3.63, 3.8) is 0 Å². The van der Waals surface area contributed by atoms with E-state index in [1.807, 2.05) is 12.1 Å². The molecule has 0 saturated carbocycles. The van der Waals surface area contributed by atoms with Crippen molar-refractivity contribution in [1.29, 1.82) is 0 Å². The normalized spacial score (nSPS) is 10.9. The van der Waals surface area contributed by atoms with Crippen LogP contribution in [0.4, 0.5) is 8.78 Å². The molecule has 0 spiro atoms. The highest BCUT2D eigenvalue weighted by atomic mass is 19.1. The third kappa shape index (κ3) is 3.24. The number of benzene rings is 3. The van der Waals surface area contributed by atoms with Gasteiger partial charge in [-0.3, -0.25) is 0 Å². The van der Waals surface area contributed by atoms with Crippen LogP contribution in [0.3, 0.4) is 0 Å². The van der Waals surface area contributed by atoms with Crippen LogP contribution in [-0.2, 0) is 0 Å². The molecule has 0 aliphatic rings. The standard InChI is InChI=1S/C22H17F2NO4/c1-26-18-9-7-14(20(27-2)21(18)28-3)12-4-8-17-19(10-12)29-22(25-17)15-6-5-13(23)11-16(15)24/h4-11H,1-3H3. The van der Waals surface area contributed by atoms with Crippen molar-refractivity contribution in [1.82, 2.24) is 4.98 Å². The third-order valence-electron chi connectivity index (χ3n) is 4.57. The Kier molecular flexibility index (Phi) is 4.80. The van der Waals surface area contributed by atoms with Gasteiger partial charge in [0.25, 0.3) is 0 Å². The van der Waals surface area contributed by atoms with Crippen molar-refractivity contribution in [2.75, 3.05) is 21.3 Å². The lowest BCUT2D eigenvalue weighted by Gasteiger charge is -2.15. The summed E-state index contributed by atoms with van der Waals surface area (Å²) in [5, 5.41) is 0. The van der Waals surface area contributed by atoms with E-state index in [1.54, 1.807) is 32.4 Å². The number of rotatable bonds is 5. The van der Waals surface area contributed by atoms with E-state index < -0.39 is 11.6 Å². The van der Waals surface area contributed by atoms with E-state index in [2.05, 4.69) is 4.98 Å². The molecule has 0 bridgehead atoms. The minimum absolute atomic E-state index is 0.0777. The second kappa shape index (κ2) is 7.43. The van der Waals surface area contributed by atoms with Gasteiger partial charge in [-0.1, -0.05) is 6.07 Å². The molecule has 3 aromatic carbocycles. The van der Waals surface area contributed by atoms with Crippen molar-refractivity contribution >= 4 is 11.1 Å². The van der Waals surface area contributed by atoms with Gasteiger partial charge in [-0.05, 0) is 42.0 Å². The molecule has 0 aliphatic heterocycles. The van der Waals surface area contributed by atoms with Crippen LogP contribution in [0.2, 0.25) is 0 Å². The lowest BCUT2D eigenvalue weighted by molar-refractivity contribution is 0.325. The zero-order valence-electron chi connectivity index (χ0n) is 16.0. The Hall–Kier alpha value is -3.61. The topological polar surface area (TPSA) is 53.7 Å². The number of hydrogen-bond acceptors (Lipinski definition) is 5. The lowest BCUT2D eigenvalue weighted by atomic mass is 10.0. The van der Waals surface area contributed by atoms with E-state index >= 15 is 0 Å². The van der Waals surface area contributed by atoms with Crippen molar-refractivity contribution in [3.05, 3.63) is 60.2 Å². The minimum Gasteiger partial charge on any atom is -0.493 e. The summed E-state index contributed by atoms with van der Waals surface area (Å²) in [5.41, 5.74) is 2.65. The van der Waals surface area contributed by atoms with Gasteiger partial charge >= 0.3 is 0 Å². The van der Waals surface area contributed by atoms with Crippen LogP contribution in [0.25, 0.3) is 33.7 Å². The molecule has 0 saturated heterocycles. The maximum absolute atomic E-state index is 14.1.